The lowest BCUT2D eigenvalue weighted by Gasteiger charge is -2.29. The van der Waals surface area contributed by atoms with Crippen molar-refractivity contribution in [2.75, 3.05) is 0 Å². The molecule has 0 saturated heterocycles. The molecule has 0 aromatic heterocycles. The van der Waals surface area contributed by atoms with Gasteiger partial charge in [-0.3, -0.25) is 4.79 Å². The van der Waals surface area contributed by atoms with Crippen LogP contribution in [0.25, 0.3) is 0 Å². The van der Waals surface area contributed by atoms with E-state index in [0.29, 0.717) is 23.9 Å². The number of rotatable bonds is 5. The molecule has 22 heavy (non-hydrogen) atoms. The molecule has 5 heteroatoms. The van der Waals surface area contributed by atoms with Gasteiger partial charge in [0.1, 0.15) is 0 Å². The van der Waals surface area contributed by atoms with E-state index in [-0.39, 0.29) is 30.4 Å². The molecule has 1 saturated carbocycles. The predicted molar refractivity (Wildman–Crippen MR) is 94.3 cm³/mol. The number of hydrogen-bond acceptors (Lipinski definition) is 2. The van der Waals surface area contributed by atoms with Crippen LogP contribution in [0.5, 0.6) is 0 Å². The van der Waals surface area contributed by atoms with Crippen molar-refractivity contribution in [1.29, 1.82) is 0 Å². The number of hydrogen-bond donors (Lipinski definition) is 1. The first kappa shape index (κ1) is 19.3. The number of carbonyl (C=O) groups excluding carboxylic acids is 1. The van der Waals surface area contributed by atoms with Gasteiger partial charge in [-0.2, -0.15) is 0 Å². The highest BCUT2D eigenvalue weighted by Gasteiger charge is 2.28. The lowest BCUT2D eigenvalue weighted by Crippen LogP contribution is -2.39. The molecule has 1 aromatic rings. The highest BCUT2D eigenvalue weighted by Crippen LogP contribution is 2.28. The van der Waals surface area contributed by atoms with Crippen LogP contribution < -0.4 is 5.73 Å². The maximum atomic E-state index is 12.6. The molecule has 1 aromatic carbocycles. The molecule has 0 unspecified atom stereocenters. The minimum Gasteiger partial charge on any atom is -0.336 e. The Hall–Kier alpha value is -0.770. The molecule has 1 fully saturated rings. The first-order chi connectivity index (χ1) is 9.97. The van der Waals surface area contributed by atoms with Crippen LogP contribution in [-0.2, 0) is 11.3 Å². The van der Waals surface area contributed by atoms with E-state index in [1.807, 2.05) is 29.2 Å². The molecule has 3 nitrogen and oxygen atoms in total. The quantitative estimate of drug-likeness (QED) is 0.876. The smallest absolute Gasteiger partial charge is 0.223 e. The zero-order valence-electron chi connectivity index (χ0n) is 13.3. The van der Waals surface area contributed by atoms with Gasteiger partial charge in [0.15, 0.2) is 0 Å². The van der Waals surface area contributed by atoms with Gasteiger partial charge in [-0.1, -0.05) is 30.2 Å². The van der Waals surface area contributed by atoms with E-state index in [9.17, 15) is 4.79 Å². The fourth-order valence-electron chi connectivity index (χ4n) is 3.05. The Balaban J connectivity index is 0.00000242. The fourth-order valence-corrected chi connectivity index (χ4v) is 3.26. The van der Waals surface area contributed by atoms with Crippen LogP contribution in [0.15, 0.2) is 24.3 Å². The van der Waals surface area contributed by atoms with E-state index in [2.05, 4.69) is 13.8 Å². The van der Waals surface area contributed by atoms with E-state index in [1.165, 1.54) is 0 Å². The molecular weight excluding hydrogens is 319 g/mol. The third kappa shape index (κ3) is 5.15. The Kier molecular flexibility index (Phi) is 7.67. The maximum absolute atomic E-state index is 12.6. The number of carbonyl (C=O) groups is 1. The van der Waals surface area contributed by atoms with Crippen molar-refractivity contribution in [3.8, 4) is 0 Å². The van der Waals surface area contributed by atoms with E-state index >= 15 is 0 Å². The van der Waals surface area contributed by atoms with Crippen molar-refractivity contribution >= 4 is 29.9 Å². The minimum atomic E-state index is 0. The summed E-state index contributed by atoms with van der Waals surface area (Å²) in [5.74, 6) is 0.547. The fraction of sp³-hybridized carbons (Fsp3) is 0.588. The molecule has 1 amide bonds. The van der Waals surface area contributed by atoms with Crippen LogP contribution in [0.4, 0.5) is 0 Å². The molecule has 0 heterocycles. The Bertz CT molecular complexity index is 493. The first-order valence-electron chi connectivity index (χ1n) is 7.77. The number of halogens is 2. The van der Waals surface area contributed by atoms with Crippen molar-refractivity contribution in [1.82, 2.24) is 4.90 Å². The Labute approximate surface area is 144 Å². The average Bonchev–Trinajstić information content (AvgIpc) is 2.81. The van der Waals surface area contributed by atoms with Crippen LogP contribution >= 0.6 is 24.0 Å². The molecule has 0 radical (unpaired) electrons. The number of nitrogens with two attached hydrogens (primary N) is 1. The summed E-state index contributed by atoms with van der Waals surface area (Å²) >= 11 is 6.02. The Morgan fingerprint density at radius 3 is 2.68 bits per heavy atom. The average molecular weight is 345 g/mol. The predicted octanol–water partition coefficient (Wildman–Crippen LogP) is 4.02. The van der Waals surface area contributed by atoms with Gasteiger partial charge in [-0.15, -0.1) is 12.4 Å². The molecule has 124 valence electrons. The van der Waals surface area contributed by atoms with Crippen molar-refractivity contribution in [2.45, 2.75) is 58.2 Å². The van der Waals surface area contributed by atoms with Gasteiger partial charge in [0.05, 0.1) is 0 Å². The zero-order valence-corrected chi connectivity index (χ0v) is 14.9. The second-order valence-corrected chi connectivity index (χ2v) is 6.74. The summed E-state index contributed by atoms with van der Waals surface area (Å²) in [6.45, 7) is 4.72. The molecule has 1 aliphatic carbocycles. The molecule has 1 aliphatic rings. The second kappa shape index (κ2) is 8.76. The van der Waals surface area contributed by atoms with Crippen LogP contribution in [0.2, 0.25) is 5.02 Å². The molecule has 2 atom stereocenters. The molecule has 2 N–H and O–H groups in total. The van der Waals surface area contributed by atoms with Crippen molar-refractivity contribution < 1.29 is 4.79 Å². The van der Waals surface area contributed by atoms with Gasteiger partial charge >= 0.3 is 0 Å². The molecule has 0 spiro atoms. The summed E-state index contributed by atoms with van der Waals surface area (Å²) in [5, 5.41) is 0.710. The Morgan fingerprint density at radius 2 is 2.14 bits per heavy atom. The summed E-state index contributed by atoms with van der Waals surface area (Å²) < 4.78 is 0. The van der Waals surface area contributed by atoms with E-state index in [0.717, 1.165) is 24.8 Å². The van der Waals surface area contributed by atoms with Crippen LogP contribution in [0.1, 0.15) is 45.1 Å². The van der Waals surface area contributed by atoms with Crippen LogP contribution in [0, 0.1) is 5.92 Å². The molecule has 2 rings (SSSR count). The minimum absolute atomic E-state index is 0. The van der Waals surface area contributed by atoms with Crippen molar-refractivity contribution in [2.24, 2.45) is 11.7 Å². The topological polar surface area (TPSA) is 46.3 Å². The summed E-state index contributed by atoms with van der Waals surface area (Å²) in [6.07, 6.45) is 3.85. The highest BCUT2D eigenvalue weighted by molar-refractivity contribution is 6.30. The highest BCUT2D eigenvalue weighted by atomic mass is 35.5. The van der Waals surface area contributed by atoms with Gasteiger partial charge in [0.25, 0.3) is 0 Å². The van der Waals surface area contributed by atoms with Crippen molar-refractivity contribution in [3.63, 3.8) is 0 Å². The van der Waals surface area contributed by atoms with E-state index in [1.54, 1.807) is 0 Å². The summed E-state index contributed by atoms with van der Waals surface area (Å²) in [7, 11) is 0. The largest absolute Gasteiger partial charge is 0.336 e. The zero-order chi connectivity index (χ0) is 15.4. The molecule has 0 aliphatic heterocycles. The number of amides is 1. The van der Waals surface area contributed by atoms with Gasteiger partial charge in [0, 0.05) is 30.1 Å². The van der Waals surface area contributed by atoms with Gasteiger partial charge in [0.2, 0.25) is 5.91 Å². The normalized spacial score (nSPS) is 20.8. The van der Waals surface area contributed by atoms with Crippen LogP contribution in [0.3, 0.4) is 0 Å². The maximum Gasteiger partial charge on any atom is 0.223 e. The van der Waals surface area contributed by atoms with E-state index in [4.69, 9.17) is 17.3 Å². The van der Waals surface area contributed by atoms with E-state index < -0.39 is 0 Å². The standard InChI is InChI=1S/C17H25ClN2O.ClH/c1-12(2)20(11-13-5-3-7-15(18)9-13)17(21)10-14-6-4-8-16(14)19;/h3,5,7,9,12,14,16H,4,6,8,10-11,19H2,1-2H3;1H/t14-,16+;/m0./s1. The van der Waals surface area contributed by atoms with Crippen LogP contribution in [-0.4, -0.2) is 22.9 Å². The first-order valence-corrected chi connectivity index (χ1v) is 8.14. The van der Waals surface area contributed by atoms with Crippen molar-refractivity contribution in [3.05, 3.63) is 34.9 Å². The van der Waals surface area contributed by atoms with Gasteiger partial charge in [-0.25, -0.2) is 0 Å². The third-order valence-corrected chi connectivity index (χ3v) is 4.58. The van der Waals surface area contributed by atoms with Gasteiger partial charge < -0.3 is 10.6 Å². The lowest BCUT2D eigenvalue weighted by atomic mass is 9.99. The molecule has 0 bridgehead atoms. The summed E-state index contributed by atoms with van der Waals surface area (Å²) in [6, 6.07) is 8.07. The van der Waals surface area contributed by atoms with Gasteiger partial charge in [-0.05, 0) is 50.3 Å². The third-order valence-electron chi connectivity index (χ3n) is 4.34. The monoisotopic (exact) mass is 344 g/mol. The SMILES string of the molecule is CC(C)N(Cc1cccc(Cl)c1)C(=O)C[C@@H]1CCC[C@H]1N.Cl. The summed E-state index contributed by atoms with van der Waals surface area (Å²) in [5.41, 5.74) is 7.16. The molecular formula is C17H26Cl2N2O. The second-order valence-electron chi connectivity index (χ2n) is 6.30. The lowest BCUT2D eigenvalue weighted by molar-refractivity contribution is -0.134. The number of benzene rings is 1. The summed E-state index contributed by atoms with van der Waals surface area (Å²) in [4.78, 5) is 14.5. The number of nitrogens with zero attached hydrogens (tertiary/aromatic N) is 1. The Morgan fingerprint density at radius 1 is 1.41 bits per heavy atom.